The number of benzene rings is 1. The van der Waals surface area contributed by atoms with Crippen LogP contribution in [-0.2, 0) is 32.0 Å². The van der Waals surface area contributed by atoms with E-state index in [4.69, 9.17) is 4.74 Å². The van der Waals surface area contributed by atoms with Crippen LogP contribution in [0.3, 0.4) is 0 Å². The molecule has 4 rings (SSSR count). The van der Waals surface area contributed by atoms with E-state index >= 15 is 0 Å². The van der Waals surface area contributed by atoms with Gasteiger partial charge in [-0.3, -0.25) is 14.4 Å². The molecule has 0 saturated heterocycles. The van der Waals surface area contributed by atoms with Crippen molar-refractivity contribution in [1.82, 2.24) is 30.4 Å². The second kappa shape index (κ2) is 20.9. The number of carbonyl (C=O) groups is 4. The number of H-pyrrole nitrogens is 1. The summed E-state index contributed by atoms with van der Waals surface area (Å²) in [6.07, 6.45) is 12.8. The number of rotatable bonds is 19. The van der Waals surface area contributed by atoms with Crippen molar-refractivity contribution in [3.05, 3.63) is 54.1 Å². The number of aliphatic hydroxyl groups is 1. The molecule has 12 heteroatoms. The molecule has 1 aromatic carbocycles. The zero-order valence-corrected chi connectivity index (χ0v) is 31.7. The highest BCUT2D eigenvalue weighted by Crippen LogP contribution is 2.29. The number of carbonyl (C=O) groups excluding carboxylic acids is 4. The highest BCUT2D eigenvalue weighted by molar-refractivity contribution is 5.90. The lowest BCUT2D eigenvalue weighted by molar-refractivity contribution is -0.146. The van der Waals surface area contributed by atoms with Crippen molar-refractivity contribution in [2.45, 2.75) is 140 Å². The van der Waals surface area contributed by atoms with E-state index in [0.717, 1.165) is 63.4 Å². The highest BCUT2D eigenvalue weighted by Gasteiger charge is 2.36. The van der Waals surface area contributed by atoms with E-state index < -0.39 is 42.2 Å². The monoisotopic (exact) mass is 722 g/mol. The summed E-state index contributed by atoms with van der Waals surface area (Å²) < 4.78 is 5.87. The van der Waals surface area contributed by atoms with Gasteiger partial charge in [-0.25, -0.2) is 9.78 Å². The predicted molar refractivity (Wildman–Crippen MR) is 200 cm³/mol. The average Bonchev–Trinajstić information content (AvgIpc) is 3.86. The lowest BCUT2D eigenvalue weighted by Crippen LogP contribution is -2.56. The summed E-state index contributed by atoms with van der Waals surface area (Å²) in [5, 5.41) is 17.6. The lowest BCUT2D eigenvalue weighted by atomic mass is 9.83. The predicted octanol–water partition coefficient (Wildman–Crippen LogP) is 5.16. The molecule has 2 aromatic rings. The van der Waals surface area contributed by atoms with Crippen molar-refractivity contribution in [1.29, 1.82) is 0 Å². The molecule has 2 aliphatic rings. The van der Waals surface area contributed by atoms with Crippen LogP contribution in [0.25, 0.3) is 0 Å². The van der Waals surface area contributed by atoms with Crippen LogP contribution >= 0.6 is 0 Å². The van der Waals surface area contributed by atoms with Gasteiger partial charge in [-0.15, -0.1) is 0 Å². The van der Waals surface area contributed by atoms with E-state index in [1.165, 1.54) is 22.5 Å². The van der Waals surface area contributed by atoms with E-state index in [1.807, 2.05) is 30.3 Å². The van der Waals surface area contributed by atoms with Crippen LogP contribution in [0.15, 0.2) is 42.9 Å². The van der Waals surface area contributed by atoms with Crippen molar-refractivity contribution in [2.24, 2.45) is 11.8 Å². The molecule has 0 radical (unpaired) electrons. The minimum Gasteiger partial charge on any atom is -0.436 e. The van der Waals surface area contributed by atoms with Gasteiger partial charge in [-0.2, -0.15) is 0 Å². The molecule has 2 saturated carbocycles. The maximum absolute atomic E-state index is 14.4. The fraction of sp³-hybridized carbons (Fsp3) is 0.675. The fourth-order valence-corrected chi connectivity index (χ4v) is 7.41. The SMILES string of the molecule is CC(C)CC[C@H](O)[C@H](CC1CCCCC1)NC(=O)[C@H](Cc1c[nH]cn1)N(C)C(=O)[C@H](Cc1ccccc1)OC(=O)N(C)CCC(=O)NC1CCCC1. The standard InChI is InChI=1S/C40H62N6O6/c1-28(2)19-20-35(47)33(23-29-13-7-5-8-14-29)44-38(49)34(25-32-26-41-27-42-32)46(4)39(50)36(24-30-15-9-6-10-16-30)52-40(51)45(3)22-21-37(48)43-31-17-11-12-18-31/h6,9-10,15-16,26-29,31,33-36,47H,5,7-8,11-14,17-25H2,1-4H3,(H,41,42)(H,43,48)(H,44,49)/t33-,34-,35-,36-/m0/s1. The first-order valence-corrected chi connectivity index (χ1v) is 19.5. The van der Waals surface area contributed by atoms with Crippen molar-refractivity contribution in [3.63, 3.8) is 0 Å². The number of imidazole rings is 1. The molecule has 52 heavy (non-hydrogen) atoms. The van der Waals surface area contributed by atoms with Gasteiger partial charge < -0.3 is 35.3 Å². The first-order valence-electron chi connectivity index (χ1n) is 19.5. The Morgan fingerprint density at radius 2 is 1.65 bits per heavy atom. The van der Waals surface area contributed by atoms with Crippen LogP contribution in [0, 0.1) is 11.8 Å². The zero-order chi connectivity index (χ0) is 37.5. The number of hydrogen-bond acceptors (Lipinski definition) is 7. The second-order valence-electron chi connectivity index (χ2n) is 15.4. The summed E-state index contributed by atoms with van der Waals surface area (Å²) in [6, 6.07) is 8.01. The number of nitrogens with one attached hydrogen (secondary N) is 3. The van der Waals surface area contributed by atoms with E-state index in [-0.39, 0.29) is 37.8 Å². The van der Waals surface area contributed by atoms with Gasteiger partial charge in [0.2, 0.25) is 11.8 Å². The second-order valence-corrected chi connectivity index (χ2v) is 15.4. The smallest absolute Gasteiger partial charge is 0.410 e. The molecule has 2 aliphatic carbocycles. The molecule has 0 bridgehead atoms. The number of nitrogens with zero attached hydrogens (tertiary/aromatic N) is 3. The van der Waals surface area contributed by atoms with Gasteiger partial charge in [0.05, 0.1) is 24.2 Å². The highest BCUT2D eigenvalue weighted by atomic mass is 16.6. The number of hydrogen-bond donors (Lipinski definition) is 4. The summed E-state index contributed by atoms with van der Waals surface area (Å²) in [6.45, 7) is 4.36. The molecule has 4 atom stereocenters. The Hall–Kier alpha value is -3.93. The zero-order valence-electron chi connectivity index (χ0n) is 31.7. The Balaban J connectivity index is 1.50. The topological polar surface area (TPSA) is 157 Å². The summed E-state index contributed by atoms with van der Waals surface area (Å²) in [4.78, 5) is 64.5. The summed E-state index contributed by atoms with van der Waals surface area (Å²) in [7, 11) is 3.09. The molecule has 1 heterocycles. The van der Waals surface area contributed by atoms with E-state index in [0.29, 0.717) is 30.4 Å². The van der Waals surface area contributed by atoms with Crippen LogP contribution in [0.2, 0.25) is 0 Å². The minimum absolute atomic E-state index is 0.0979. The normalized spacial score (nSPS) is 17.6. The first kappa shape index (κ1) is 40.8. The van der Waals surface area contributed by atoms with Crippen LogP contribution in [0.5, 0.6) is 0 Å². The number of aromatic nitrogens is 2. The van der Waals surface area contributed by atoms with E-state index in [1.54, 1.807) is 20.3 Å². The molecule has 288 valence electrons. The fourth-order valence-electron chi connectivity index (χ4n) is 7.41. The van der Waals surface area contributed by atoms with Crippen LogP contribution in [0.1, 0.15) is 109 Å². The largest absolute Gasteiger partial charge is 0.436 e. The Kier molecular flexibility index (Phi) is 16.4. The molecule has 1 aromatic heterocycles. The Morgan fingerprint density at radius 3 is 2.31 bits per heavy atom. The molecular formula is C40H62N6O6. The van der Waals surface area contributed by atoms with Crippen LogP contribution in [0.4, 0.5) is 4.79 Å². The summed E-state index contributed by atoms with van der Waals surface area (Å²) in [5.74, 6) is -0.221. The van der Waals surface area contributed by atoms with Gasteiger partial charge in [0, 0.05) is 52.1 Å². The molecule has 0 aliphatic heterocycles. The third-order valence-corrected chi connectivity index (χ3v) is 10.7. The van der Waals surface area contributed by atoms with Crippen molar-refractivity contribution < 1.29 is 29.0 Å². The Labute approximate surface area is 309 Å². The molecule has 12 nitrogen and oxygen atoms in total. The van der Waals surface area contributed by atoms with Crippen molar-refractivity contribution >= 4 is 23.8 Å². The maximum Gasteiger partial charge on any atom is 0.410 e. The quantitative estimate of drug-likeness (QED) is 0.156. The number of likely N-dealkylation sites (N-methyl/N-ethyl adjacent to an activating group) is 1. The lowest BCUT2D eigenvalue weighted by Gasteiger charge is -2.34. The number of ether oxygens (including phenoxy) is 1. The van der Waals surface area contributed by atoms with Crippen molar-refractivity contribution in [3.8, 4) is 0 Å². The molecule has 4 N–H and O–H groups in total. The third-order valence-electron chi connectivity index (χ3n) is 10.7. The number of aromatic amines is 1. The number of amides is 4. The molecule has 2 fully saturated rings. The summed E-state index contributed by atoms with van der Waals surface area (Å²) in [5.41, 5.74) is 1.38. The van der Waals surface area contributed by atoms with E-state index in [2.05, 4.69) is 34.4 Å². The van der Waals surface area contributed by atoms with Crippen LogP contribution < -0.4 is 10.6 Å². The Bertz CT molecular complexity index is 1380. The minimum atomic E-state index is -1.24. The van der Waals surface area contributed by atoms with Gasteiger partial charge in [0.1, 0.15) is 6.04 Å². The number of aliphatic hydroxyl groups excluding tert-OH is 1. The van der Waals surface area contributed by atoms with Gasteiger partial charge in [-0.1, -0.05) is 89.1 Å². The van der Waals surface area contributed by atoms with Gasteiger partial charge in [-0.05, 0) is 49.5 Å². The van der Waals surface area contributed by atoms with Crippen LogP contribution in [-0.4, -0.2) is 99.7 Å². The van der Waals surface area contributed by atoms with Gasteiger partial charge in [0.15, 0.2) is 6.10 Å². The third kappa shape index (κ3) is 13.2. The molecular weight excluding hydrogens is 660 g/mol. The first-order chi connectivity index (χ1) is 25.0. The molecule has 4 amide bonds. The maximum atomic E-state index is 14.4. The van der Waals surface area contributed by atoms with Gasteiger partial charge >= 0.3 is 6.09 Å². The molecule has 0 spiro atoms. The summed E-state index contributed by atoms with van der Waals surface area (Å²) >= 11 is 0. The van der Waals surface area contributed by atoms with Crippen molar-refractivity contribution in [2.75, 3.05) is 20.6 Å². The van der Waals surface area contributed by atoms with Gasteiger partial charge in [0.25, 0.3) is 5.91 Å². The average molecular weight is 723 g/mol. The molecule has 0 unspecified atom stereocenters. The van der Waals surface area contributed by atoms with E-state index in [9.17, 15) is 24.3 Å². The Morgan fingerprint density at radius 1 is 0.962 bits per heavy atom.